The topological polar surface area (TPSA) is 75.3 Å². The molecule has 5 nitrogen and oxygen atoms in total. The normalized spacial score (nSPS) is 13.1. The highest BCUT2D eigenvalue weighted by molar-refractivity contribution is 7.89. The third kappa shape index (κ3) is 5.03. The maximum absolute atomic E-state index is 12.7. The van der Waals surface area contributed by atoms with Crippen LogP contribution in [0, 0.1) is 5.92 Å². The Bertz CT molecular complexity index is 831. The number of carbonyl (C=O) groups is 1. The van der Waals surface area contributed by atoms with Gasteiger partial charge in [-0.1, -0.05) is 57.5 Å². The number of hydrogen-bond acceptors (Lipinski definition) is 3. The minimum Gasteiger partial charge on any atom is -0.355 e. The Morgan fingerprint density at radius 1 is 1.08 bits per heavy atom. The number of benzene rings is 2. The van der Waals surface area contributed by atoms with Gasteiger partial charge in [0.25, 0.3) is 0 Å². The van der Waals surface area contributed by atoms with Gasteiger partial charge in [0.05, 0.1) is 4.90 Å². The first-order valence-electron chi connectivity index (χ1n) is 8.64. The molecule has 2 aromatic rings. The van der Waals surface area contributed by atoms with Gasteiger partial charge in [0.15, 0.2) is 0 Å². The number of sulfonamides is 1. The van der Waals surface area contributed by atoms with Crippen molar-refractivity contribution < 1.29 is 13.2 Å². The van der Waals surface area contributed by atoms with E-state index in [0.29, 0.717) is 6.54 Å². The van der Waals surface area contributed by atoms with Gasteiger partial charge in [0.1, 0.15) is 6.04 Å². The lowest BCUT2D eigenvalue weighted by Gasteiger charge is -2.21. The number of rotatable bonds is 8. The zero-order valence-corrected chi connectivity index (χ0v) is 15.8. The highest BCUT2D eigenvalue weighted by Gasteiger charge is 2.28. The quantitative estimate of drug-likeness (QED) is 0.709. The van der Waals surface area contributed by atoms with Gasteiger partial charge in [-0.25, -0.2) is 8.42 Å². The molecular formula is C19H26N2O3S. The summed E-state index contributed by atoms with van der Waals surface area (Å²) in [5.41, 5.74) is 0. The Balaban J connectivity index is 2.22. The molecule has 1 atom stereocenters. The summed E-state index contributed by atoms with van der Waals surface area (Å²) in [5, 5.41) is 4.62. The van der Waals surface area contributed by atoms with Gasteiger partial charge < -0.3 is 5.32 Å². The fourth-order valence-electron chi connectivity index (χ4n) is 2.56. The van der Waals surface area contributed by atoms with Crippen molar-refractivity contribution in [3.8, 4) is 0 Å². The molecule has 1 amide bonds. The van der Waals surface area contributed by atoms with Gasteiger partial charge in [0, 0.05) is 6.54 Å². The van der Waals surface area contributed by atoms with Crippen molar-refractivity contribution in [2.24, 2.45) is 5.92 Å². The fourth-order valence-corrected chi connectivity index (χ4v) is 3.94. The second kappa shape index (κ2) is 8.45. The molecule has 2 N–H and O–H groups in total. The lowest BCUT2D eigenvalue weighted by atomic mass is 10.1. The average molecular weight is 362 g/mol. The van der Waals surface area contributed by atoms with E-state index >= 15 is 0 Å². The Labute approximate surface area is 149 Å². The predicted molar refractivity (Wildman–Crippen MR) is 101 cm³/mol. The van der Waals surface area contributed by atoms with Crippen LogP contribution in [0.4, 0.5) is 0 Å². The van der Waals surface area contributed by atoms with Crippen molar-refractivity contribution in [2.75, 3.05) is 6.54 Å². The number of fused-ring (bicyclic) bond motifs is 1. The van der Waals surface area contributed by atoms with Crippen LogP contribution in [0.25, 0.3) is 10.8 Å². The van der Waals surface area contributed by atoms with E-state index in [0.717, 1.165) is 23.6 Å². The lowest BCUT2D eigenvalue weighted by molar-refractivity contribution is -0.123. The molecule has 0 fully saturated rings. The summed E-state index contributed by atoms with van der Waals surface area (Å²) in [4.78, 5) is 12.5. The van der Waals surface area contributed by atoms with E-state index in [1.165, 1.54) is 0 Å². The molecule has 0 radical (unpaired) electrons. The summed E-state index contributed by atoms with van der Waals surface area (Å²) in [5.74, 6) is -0.440. The van der Waals surface area contributed by atoms with Gasteiger partial charge in [0.2, 0.25) is 15.9 Å². The van der Waals surface area contributed by atoms with Gasteiger partial charge in [-0.15, -0.1) is 0 Å². The van der Waals surface area contributed by atoms with Crippen molar-refractivity contribution in [2.45, 2.75) is 44.6 Å². The summed E-state index contributed by atoms with van der Waals surface area (Å²) in [7, 11) is -3.78. The third-order valence-electron chi connectivity index (χ3n) is 4.09. The molecule has 0 aliphatic heterocycles. The fraction of sp³-hybridized carbons (Fsp3) is 0.421. The molecule has 0 aliphatic rings. The van der Waals surface area contributed by atoms with Crippen molar-refractivity contribution in [1.82, 2.24) is 10.0 Å². The number of nitrogens with one attached hydrogen (secondary N) is 2. The number of carbonyl (C=O) groups excluding carboxylic acids is 1. The largest absolute Gasteiger partial charge is 0.355 e. The van der Waals surface area contributed by atoms with Crippen LogP contribution in [0.3, 0.4) is 0 Å². The van der Waals surface area contributed by atoms with E-state index in [4.69, 9.17) is 0 Å². The zero-order chi connectivity index (χ0) is 18.4. The minimum atomic E-state index is -3.78. The van der Waals surface area contributed by atoms with Gasteiger partial charge >= 0.3 is 0 Å². The first-order valence-corrected chi connectivity index (χ1v) is 10.1. The Kier molecular flexibility index (Phi) is 6.56. The van der Waals surface area contributed by atoms with Crippen LogP contribution in [-0.4, -0.2) is 26.9 Å². The molecular weight excluding hydrogens is 336 g/mol. The second-order valence-corrected chi connectivity index (χ2v) is 8.21. The number of hydrogen-bond donors (Lipinski definition) is 2. The van der Waals surface area contributed by atoms with E-state index in [9.17, 15) is 13.2 Å². The molecule has 0 aliphatic carbocycles. The molecule has 6 heteroatoms. The van der Waals surface area contributed by atoms with Crippen LogP contribution >= 0.6 is 0 Å². The number of unbranched alkanes of at least 4 members (excludes halogenated alkanes) is 1. The monoisotopic (exact) mass is 362 g/mol. The van der Waals surface area contributed by atoms with Crippen LogP contribution in [-0.2, 0) is 14.8 Å². The summed E-state index contributed by atoms with van der Waals surface area (Å²) in [6.07, 6.45) is 1.84. The zero-order valence-electron chi connectivity index (χ0n) is 15.0. The summed E-state index contributed by atoms with van der Waals surface area (Å²) in [6.45, 7) is 6.24. The Morgan fingerprint density at radius 3 is 2.40 bits per heavy atom. The van der Waals surface area contributed by atoms with Crippen molar-refractivity contribution >= 4 is 26.7 Å². The van der Waals surface area contributed by atoms with Gasteiger partial charge in [-0.05, 0) is 35.2 Å². The molecule has 0 saturated carbocycles. The van der Waals surface area contributed by atoms with Crippen molar-refractivity contribution in [3.63, 3.8) is 0 Å². The number of amides is 1. The Morgan fingerprint density at radius 2 is 1.76 bits per heavy atom. The SMILES string of the molecule is CCCCNC(=O)[C@@H](NS(=O)(=O)c1ccc2ccccc2c1)C(C)C. The molecule has 136 valence electrons. The summed E-state index contributed by atoms with van der Waals surface area (Å²) in [6, 6.07) is 11.7. The smallest absolute Gasteiger partial charge is 0.241 e. The summed E-state index contributed by atoms with van der Waals surface area (Å²) < 4.78 is 28.0. The first-order chi connectivity index (χ1) is 11.8. The maximum atomic E-state index is 12.7. The van der Waals surface area contributed by atoms with Crippen LogP contribution < -0.4 is 10.0 Å². The van der Waals surface area contributed by atoms with E-state index in [2.05, 4.69) is 10.0 Å². The molecule has 25 heavy (non-hydrogen) atoms. The second-order valence-electron chi connectivity index (χ2n) is 6.50. The van der Waals surface area contributed by atoms with Gasteiger partial charge in [-0.3, -0.25) is 4.79 Å². The first kappa shape index (κ1) is 19.4. The van der Waals surface area contributed by atoms with Crippen LogP contribution in [0.2, 0.25) is 0 Å². The van der Waals surface area contributed by atoms with Crippen LogP contribution in [0.1, 0.15) is 33.6 Å². The van der Waals surface area contributed by atoms with Crippen LogP contribution in [0.5, 0.6) is 0 Å². The Hall–Kier alpha value is -1.92. The van der Waals surface area contributed by atoms with Gasteiger partial charge in [-0.2, -0.15) is 4.72 Å². The minimum absolute atomic E-state index is 0.156. The summed E-state index contributed by atoms with van der Waals surface area (Å²) >= 11 is 0. The highest BCUT2D eigenvalue weighted by atomic mass is 32.2. The molecule has 0 bridgehead atoms. The molecule has 0 saturated heterocycles. The van der Waals surface area contributed by atoms with Crippen LogP contribution in [0.15, 0.2) is 47.4 Å². The highest BCUT2D eigenvalue weighted by Crippen LogP contribution is 2.19. The average Bonchev–Trinajstić information content (AvgIpc) is 2.59. The third-order valence-corrected chi connectivity index (χ3v) is 5.53. The van der Waals surface area contributed by atoms with E-state index in [1.54, 1.807) is 18.2 Å². The molecule has 2 aromatic carbocycles. The lowest BCUT2D eigenvalue weighted by Crippen LogP contribution is -2.49. The predicted octanol–water partition coefficient (Wildman–Crippen LogP) is 3.06. The van der Waals surface area contributed by atoms with E-state index in [-0.39, 0.29) is 16.7 Å². The maximum Gasteiger partial charge on any atom is 0.241 e. The molecule has 0 aromatic heterocycles. The molecule has 0 spiro atoms. The molecule has 0 heterocycles. The van der Waals surface area contributed by atoms with E-state index < -0.39 is 16.1 Å². The molecule has 2 rings (SSSR count). The standard InChI is InChI=1S/C19H26N2O3S/c1-4-5-12-20-19(22)18(14(2)3)21-25(23,24)17-11-10-15-8-6-7-9-16(15)13-17/h6-11,13-14,18,21H,4-5,12H2,1-3H3,(H,20,22)/t18-/m0/s1. The molecule has 0 unspecified atom stereocenters. The van der Waals surface area contributed by atoms with E-state index in [1.807, 2.05) is 45.0 Å². The van der Waals surface area contributed by atoms with Crippen molar-refractivity contribution in [1.29, 1.82) is 0 Å². The van der Waals surface area contributed by atoms with Crippen molar-refractivity contribution in [3.05, 3.63) is 42.5 Å².